The van der Waals surface area contributed by atoms with Gasteiger partial charge in [-0.15, -0.1) is 0 Å². The normalized spacial score (nSPS) is 11.6. The zero-order valence-electron chi connectivity index (χ0n) is 11.4. The van der Waals surface area contributed by atoms with Gasteiger partial charge in [-0.2, -0.15) is 0 Å². The molecule has 0 bridgehead atoms. The van der Waals surface area contributed by atoms with E-state index in [2.05, 4.69) is 5.32 Å². The molecule has 0 unspecified atom stereocenters. The lowest BCUT2D eigenvalue weighted by Crippen LogP contribution is -2.38. The van der Waals surface area contributed by atoms with Crippen molar-refractivity contribution >= 4 is 23.5 Å². The van der Waals surface area contributed by atoms with Crippen LogP contribution in [0.15, 0.2) is 12.1 Å². The molecule has 1 rings (SSSR count). The van der Waals surface area contributed by atoms with Crippen molar-refractivity contribution < 1.29 is 24.2 Å². The maximum Gasteiger partial charge on any atom is 0.325 e. The van der Waals surface area contributed by atoms with E-state index in [9.17, 15) is 9.59 Å². The largest absolute Gasteiger partial charge is 0.493 e. The first-order valence-electron chi connectivity index (χ1n) is 5.94. The van der Waals surface area contributed by atoms with Gasteiger partial charge in [0.25, 0.3) is 5.91 Å². The molecule has 0 saturated heterocycles. The number of carboxylic acid groups (broad SMARTS) is 1. The molecule has 1 aromatic carbocycles. The van der Waals surface area contributed by atoms with Crippen molar-refractivity contribution in [2.24, 2.45) is 0 Å². The summed E-state index contributed by atoms with van der Waals surface area (Å²) in [6.07, 6.45) is 0. The summed E-state index contributed by atoms with van der Waals surface area (Å²) in [7, 11) is 1.43. The lowest BCUT2D eigenvalue weighted by Gasteiger charge is -2.14. The van der Waals surface area contributed by atoms with Crippen molar-refractivity contribution in [1.29, 1.82) is 0 Å². The molecule has 0 aliphatic heterocycles. The molecule has 0 fully saturated rings. The fourth-order valence-electron chi connectivity index (χ4n) is 1.48. The monoisotopic (exact) mass is 301 g/mol. The fourth-order valence-corrected chi connectivity index (χ4v) is 1.74. The predicted molar refractivity (Wildman–Crippen MR) is 73.7 cm³/mol. The summed E-state index contributed by atoms with van der Waals surface area (Å²) in [5, 5.41) is 11.3. The van der Waals surface area contributed by atoms with E-state index in [0.29, 0.717) is 18.1 Å². The minimum absolute atomic E-state index is 0.198. The van der Waals surface area contributed by atoms with Crippen LogP contribution in [-0.2, 0) is 4.79 Å². The fraction of sp³-hybridized carbons (Fsp3) is 0.385. The Hall–Kier alpha value is -1.95. The molecule has 110 valence electrons. The SMILES string of the molecule is CCOc1c(Cl)cc(C(=O)N[C@H](C)C(=O)O)cc1OC. The van der Waals surface area contributed by atoms with Gasteiger partial charge in [0.2, 0.25) is 0 Å². The first-order valence-corrected chi connectivity index (χ1v) is 6.32. The Bertz CT molecular complexity index is 518. The maximum absolute atomic E-state index is 11.9. The Morgan fingerprint density at radius 3 is 2.60 bits per heavy atom. The number of nitrogens with one attached hydrogen (secondary N) is 1. The van der Waals surface area contributed by atoms with E-state index < -0.39 is 17.9 Å². The van der Waals surface area contributed by atoms with E-state index >= 15 is 0 Å². The molecule has 0 aliphatic rings. The van der Waals surface area contributed by atoms with Gasteiger partial charge in [0, 0.05) is 5.56 Å². The summed E-state index contributed by atoms with van der Waals surface area (Å²) in [6, 6.07) is 1.85. The number of carboxylic acids is 1. The highest BCUT2D eigenvalue weighted by Gasteiger charge is 2.19. The van der Waals surface area contributed by atoms with E-state index in [-0.39, 0.29) is 10.6 Å². The van der Waals surface area contributed by atoms with Crippen LogP contribution in [0, 0.1) is 0 Å². The highest BCUT2D eigenvalue weighted by Crippen LogP contribution is 2.36. The molecule has 0 spiro atoms. The van der Waals surface area contributed by atoms with Crippen LogP contribution >= 0.6 is 11.6 Å². The molecule has 6 nitrogen and oxygen atoms in total. The number of ether oxygens (including phenoxy) is 2. The number of carbonyl (C=O) groups is 2. The van der Waals surface area contributed by atoms with Crippen LogP contribution in [0.4, 0.5) is 0 Å². The first kappa shape index (κ1) is 16.1. The first-order chi connectivity index (χ1) is 9.40. The molecule has 2 N–H and O–H groups in total. The van der Waals surface area contributed by atoms with Gasteiger partial charge in [0.15, 0.2) is 11.5 Å². The second-order valence-electron chi connectivity index (χ2n) is 3.96. The number of benzene rings is 1. The quantitative estimate of drug-likeness (QED) is 0.839. The standard InChI is InChI=1S/C13H16ClNO5/c1-4-20-11-9(14)5-8(6-10(11)19-3)12(16)15-7(2)13(17)18/h5-7H,4H2,1-3H3,(H,15,16)(H,17,18)/t7-/m1/s1. The molecular weight excluding hydrogens is 286 g/mol. The number of aliphatic carboxylic acids is 1. The number of halogens is 1. The van der Waals surface area contributed by atoms with Crippen molar-refractivity contribution in [3.8, 4) is 11.5 Å². The van der Waals surface area contributed by atoms with Crippen molar-refractivity contribution in [2.75, 3.05) is 13.7 Å². The van der Waals surface area contributed by atoms with Crippen LogP contribution < -0.4 is 14.8 Å². The lowest BCUT2D eigenvalue weighted by atomic mass is 10.1. The summed E-state index contributed by atoms with van der Waals surface area (Å²) in [5.41, 5.74) is 0.198. The van der Waals surface area contributed by atoms with Crippen LogP contribution in [0.2, 0.25) is 5.02 Å². The van der Waals surface area contributed by atoms with E-state index in [4.69, 9.17) is 26.2 Å². The van der Waals surface area contributed by atoms with Gasteiger partial charge in [-0.05, 0) is 26.0 Å². The summed E-state index contributed by atoms with van der Waals surface area (Å²) >= 11 is 6.03. The van der Waals surface area contributed by atoms with Gasteiger partial charge in [-0.1, -0.05) is 11.6 Å². The van der Waals surface area contributed by atoms with Crippen LogP contribution in [0.1, 0.15) is 24.2 Å². The van der Waals surface area contributed by atoms with Crippen molar-refractivity contribution in [2.45, 2.75) is 19.9 Å². The molecule has 0 radical (unpaired) electrons. The summed E-state index contributed by atoms with van der Waals surface area (Å²) < 4.78 is 10.4. The zero-order chi connectivity index (χ0) is 15.3. The third-order valence-electron chi connectivity index (χ3n) is 2.50. The third-order valence-corrected chi connectivity index (χ3v) is 2.78. The third kappa shape index (κ3) is 3.77. The Balaban J connectivity index is 3.05. The average molecular weight is 302 g/mol. The molecule has 0 aliphatic carbocycles. The molecule has 0 heterocycles. The molecule has 1 aromatic rings. The Labute approximate surface area is 121 Å². The zero-order valence-corrected chi connectivity index (χ0v) is 12.2. The van der Waals surface area contributed by atoms with Gasteiger partial charge in [0.05, 0.1) is 18.7 Å². The van der Waals surface area contributed by atoms with Gasteiger partial charge in [0.1, 0.15) is 6.04 Å². The predicted octanol–water partition coefficient (Wildman–Crippen LogP) is 1.95. The van der Waals surface area contributed by atoms with Gasteiger partial charge in [-0.25, -0.2) is 0 Å². The molecule has 0 saturated carbocycles. The van der Waals surface area contributed by atoms with Crippen molar-refractivity contribution in [3.63, 3.8) is 0 Å². The molecular formula is C13H16ClNO5. The number of hydrogen-bond donors (Lipinski definition) is 2. The lowest BCUT2D eigenvalue weighted by molar-refractivity contribution is -0.138. The maximum atomic E-state index is 11.9. The van der Waals surface area contributed by atoms with E-state index in [1.807, 2.05) is 0 Å². The van der Waals surface area contributed by atoms with E-state index in [0.717, 1.165) is 0 Å². The number of rotatable bonds is 6. The number of amides is 1. The minimum Gasteiger partial charge on any atom is -0.493 e. The van der Waals surface area contributed by atoms with Gasteiger partial charge < -0.3 is 19.9 Å². The molecule has 7 heteroatoms. The molecule has 20 heavy (non-hydrogen) atoms. The van der Waals surface area contributed by atoms with Crippen molar-refractivity contribution in [1.82, 2.24) is 5.32 Å². The topological polar surface area (TPSA) is 84.9 Å². The highest BCUT2D eigenvalue weighted by atomic mass is 35.5. The molecule has 1 amide bonds. The van der Waals surface area contributed by atoms with E-state index in [1.54, 1.807) is 6.92 Å². The highest BCUT2D eigenvalue weighted by molar-refractivity contribution is 6.32. The summed E-state index contributed by atoms with van der Waals surface area (Å²) in [4.78, 5) is 22.6. The van der Waals surface area contributed by atoms with Crippen LogP contribution in [0.5, 0.6) is 11.5 Å². The Kier molecular flexibility index (Phi) is 5.64. The molecule has 1 atom stereocenters. The number of hydrogen-bond acceptors (Lipinski definition) is 4. The van der Waals surface area contributed by atoms with Crippen LogP contribution in [0.3, 0.4) is 0 Å². The minimum atomic E-state index is -1.12. The van der Waals surface area contributed by atoms with Crippen LogP contribution in [-0.4, -0.2) is 36.7 Å². The van der Waals surface area contributed by atoms with Crippen molar-refractivity contribution in [3.05, 3.63) is 22.7 Å². The number of carbonyl (C=O) groups excluding carboxylic acids is 1. The Morgan fingerprint density at radius 1 is 1.45 bits per heavy atom. The summed E-state index contributed by atoms with van der Waals surface area (Å²) in [5.74, 6) is -1.02. The molecule has 0 aromatic heterocycles. The second-order valence-corrected chi connectivity index (χ2v) is 4.36. The average Bonchev–Trinajstić information content (AvgIpc) is 2.40. The van der Waals surface area contributed by atoms with Crippen LogP contribution in [0.25, 0.3) is 0 Å². The summed E-state index contributed by atoms with van der Waals surface area (Å²) in [6.45, 7) is 3.57. The van der Waals surface area contributed by atoms with E-state index in [1.165, 1.54) is 26.2 Å². The Morgan fingerprint density at radius 2 is 2.10 bits per heavy atom. The number of methoxy groups -OCH3 is 1. The van der Waals surface area contributed by atoms with Gasteiger partial charge >= 0.3 is 5.97 Å². The smallest absolute Gasteiger partial charge is 0.325 e. The second kappa shape index (κ2) is 7.00. The van der Waals surface area contributed by atoms with Gasteiger partial charge in [-0.3, -0.25) is 9.59 Å².